The van der Waals surface area contributed by atoms with Crippen molar-refractivity contribution in [2.24, 2.45) is 0 Å². The Kier molecular flexibility index (Phi) is 10.7. The molecule has 1 atom stereocenters. The van der Waals surface area contributed by atoms with Gasteiger partial charge >= 0.3 is 5.97 Å². The zero-order chi connectivity index (χ0) is 15.5. The summed E-state index contributed by atoms with van der Waals surface area (Å²) in [6.45, 7) is 9.42. The van der Waals surface area contributed by atoms with Crippen LogP contribution in [0.5, 0.6) is 0 Å². The monoisotopic (exact) mass is 287 g/mol. The molecule has 0 amide bonds. The number of carbonyl (C=O) groups excluding carboxylic acids is 1. The van der Waals surface area contributed by atoms with Crippen LogP contribution < -0.4 is 5.32 Å². The molecule has 0 aromatic heterocycles. The number of nitrogens with one attached hydrogen (secondary N) is 1. The summed E-state index contributed by atoms with van der Waals surface area (Å²) in [5.74, 6) is -0.136. The van der Waals surface area contributed by atoms with Gasteiger partial charge in [0, 0.05) is 6.04 Å². The van der Waals surface area contributed by atoms with E-state index < -0.39 is 0 Å². The maximum Gasteiger partial charge on any atom is 0.323 e. The molecule has 120 valence electrons. The first-order valence-electron chi connectivity index (χ1n) is 7.62. The van der Waals surface area contributed by atoms with Crippen LogP contribution in [-0.2, 0) is 9.53 Å². The average molecular weight is 287 g/mol. The Bertz CT molecular complexity index is 258. The van der Waals surface area contributed by atoms with Crippen molar-refractivity contribution in [1.82, 2.24) is 15.1 Å². The second kappa shape index (κ2) is 11.1. The van der Waals surface area contributed by atoms with Gasteiger partial charge in [0.1, 0.15) is 6.04 Å². The topological polar surface area (TPSA) is 44.8 Å². The maximum absolute atomic E-state index is 11.9. The second-order valence-electron chi connectivity index (χ2n) is 5.87. The van der Waals surface area contributed by atoms with Gasteiger partial charge in [0.25, 0.3) is 0 Å². The van der Waals surface area contributed by atoms with E-state index >= 15 is 0 Å². The Labute approximate surface area is 124 Å². The van der Waals surface area contributed by atoms with Crippen LogP contribution in [0.4, 0.5) is 0 Å². The minimum absolute atomic E-state index is 0.136. The van der Waals surface area contributed by atoms with Gasteiger partial charge in [0.05, 0.1) is 6.61 Å². The lowest BCUT2D eigenvalue weighted by molar-refractivity contribution is -0.146. The van der Waals surface area contributed by atoms with Crippen LogP contribution >= 0.6 is 0 Å². The van der Waals surface area contributed by atoms with Crippen molar-refractivity contribution in [2.45, 2.75) is 45.7 Å². The minimum atomic E-state index is -0.203. The molecule has 0 aliphatic rings. The smallest absolute Gasteiger partial charge is 0.323 e. The molecule has 0 aromatic rings. The summed E-state index contributed by atoms with van der Waals surface area (Å²) in [5.41, 5.74) is 0. The highest BCUT2D eigenvalue weighted by Crippen LogP contribution is 2.01. The van der Waals surface area contributed by atoms with Gasteiger partial charge in [0.2, 0.25) is 0 Å². The van der Waals surface area contributed by atoms with E-state index in [2.05, 4.69) is 36.3 Å². The molecule has 0 saturated heterocycles. The first kappa shape index (κ1) is 19.4. The van der Waals surface area contributed by atoms with E-state index in [4.69, 9.17) is 4.74 Å². The molecule has 0 heterocycles. The molecule has 0 aliphatic heterocycles. The summed E-state index contributed by atoms with van der Waals surface area (Å²) < 4.78 is 5.12. The lowest BCUT2D eigenvalue weighted by atomic mass is 10.1. The maximum atomic E-state index is 11.9. The molecule has 0 rings (SSSR count). The fourth-order valence-electron chi connectivity index (χ4n) is 2.03. The van der Waals surface area contributed by atoms with Crippen LogP contribution in [0.1, 0.15) is 33.6 Å². The van der Waals surface area contributed by atoms with E-state index in [-0.39, 0.29) is 18.1 Å². The molecule has 0 fully saturated rings. The SMILES string of the molecule is CCOC(=O)C(CCN(C)CCCN(C)C)NC(C)C. The Morgan fingerprint density at radius 2 is 1.80 bits per heavy atom. The summed E-state index contributed by atoms with van der Waals surface area (Å²) in [4.78, 5) is 16.4. The highest BCUT2D eigenvalue weighted by atomic mass is 16.5. The van der Waals surface area contributed by atoms with Crippen molar-refractivity contribution in [3.05, 3.63) is 0 Å². The van der Waals surface area contributed by atoms with Gasteiger partial charge in [-0.3, -0.25) is 4.79 Å². The van der Waals surface area contributed by atoms with Crippen molar-refractivity contribution in [1.29, 1.82) is 0 Å². The standard InChI is InChI=1S/C15H33N3O2/c1-7-20-15(19)14(16-13(2)3)9-12-18(6)11-8-10-17(4)5/h13-14,16H,7-12H2,1-6H3. The number of esters is 1. The van der Waals surface area contributed by atoms with Gasteiger partial charge in [-0.25, -0.2) is 0 Å². The third kappa shape index (κ3) is 10.2. The fourth-order valence-corrected chi connectivity index (χ4v) is 2.03. The van der Waals surface area contributed by atoms with E-state index in [1.165, 1.54) is 0 Å². The van der Waals surface area contributed by atoms with Gasteiger partial charge in [-0.2, -0.15) is 0 Å². The van der Waals surface area contributed by atoms with Crippen LogP contribution in [0, 0.1) is 0 Å². The van der Waals surface area contributed by atoms with Gasteiger partial charge in [-0.05, 0) is 60.5 Å². The first-order chi connectivity index (χ1) is 9.36. The van der Waals surface area contributed by atoms with Crippen LogP contribution in [0.2, 0.25) is 0 Å². The molecular formula is C15H33N3O2. The summed E-state index contributed by atoms with van der Waals surface area (Å²) >= 11 is 0. The summed E-state index contributed by atoms with van der Waals surface area (Å²) in [6, 6.07) is 0.0784. The fraction of sp³-hybridized carbons (Fsp3) is 0.933. The molecule has 0 spiro atoms. The van der Waals surface area contributed by atoms with Crippen LogP contribution in [0.25, 0.3) is 0 Å². The molecular weight excluding hydrogens is 254 g/mol. The molecule has 0 radical (unpaired) electrons. The van der Waals surface area contributed by atoms with Gasteiger partial charge in [-0.15, -0.1) is 0 Å². The van der Waals surface area contributed by atoms with Gasteiger partial charge < -0.3 is 19.9 Å². The van der Waals surface area contributed by atoms with Crippen molar-refractivity contribution in [3.8, 4) is 0 Å². The third-order valence-corrected chi connectivity index (χ3v) is 3.05. The summed E-state index contributed by atoms with van der Waals surface area (Å²) in [6.07, 6.45) is 1.93. The molecule has 0 aromatic carbocycles. The third-order valence-electron chi connectivity index (χ3n) is 3.05. The summed E-state index contributed by atoms with van der Waals surface area (Å²) in [7, 11) is 6.28. The van der Waals surface area contributed by atoms with E-state index in [0.717, 1.165) is 32.5 Å². The molecule has 1 unspecified atom stereocenters. The summed E-state index contributed by atoms with van der Waals surface area (Å²) in [5, 5.41) is 3.28. The second-order valence-corrected chi connectivity index (χ2v) is 5.87. The highest BCUT2D eigenvalue weighted by molar-refractivity contribution is 5.75. The first-order valence-corrected chi connectivity index (χ1v) is 7.62. The molecule has 20 heavy (non-hydrogen) atoms. The number of ether oxygens (including phenoxy) is 1. The highest BCUT2D eigenvalue weighted by Gasteiger charge is 2.20. The predicted octanol–water partition coefficient (Wildman–Crippen LogP) is 1.19. The van der Waals surface area contributed by atoms with Crippen molar-refractivity contribution >= 4 is 5.97 Å². The van der Waals surface area contributed by atoms with Gasteiger partial charge in [-0.1, -0.05) is 13.8 Å². The minimum Gasteiger partial charge on any atom is -0.465 e. The molecule has 5 nitrogen and oxygen atoms in total. The molecule has 0 saturated carbocycles. The normalized spacial score (nSPS) is 13.2. The lowest BCUT2D eigenvalue weighted by Gasteiger charge is -2.23. The number of hydrogen-bond donors (Lipinski definition) is 1. The van der Waals surface area contributed by atoms with E-state index in [9.17, 15) is 4.79 Å². The zero-order valence-electron chi connectivity index (χ0n) is 14.1. The average Bonchev–Trinajstić information content (AvgIpc) is 2.33. The molecule has 0 aliphatic carbocycles. The predicted molar refractivity (Wildman–Crippen MR) is 84.0 cm³/mol. The number of nitrogens with zero attached hydrogens (tertiary/aromatic N) is 2. The number of carbonyl (C=O) groups is 1. The van der Waals surface area contributed by atoms with Crippen LogP contribution in [-0.4, -0.2) is 75.2 Å². The number of rotatable bonds is 11. The van der Waals surface area contributed by atoms with Crippen molar-refractivity contribution < 1.29 is 9.53 Å². The molecule has 0 bridgehead atoms. The number of hydrogen-bond acceptors (Lipinski definition) is 5. The zero-order valence-corrected chi connectivity index (χ0v) is 14.1. The molecule has 5 heteroatoms. The quantitative estimate of drug-likeness (QED) is 0.578. The van der Waals surface area contributed by atoms with Crippen molar-refractivity contribution in [3.63, 3.8) is 0 Å². The largest absolute Gasteiger partial charge is 0.465 e. The van der Waals surface area contributed by atoms with Crippen molar-refractivity contribution in [2.75, 3.05) is 47.4 Å². The Balaban J connectivity index is 4.07. The van der Waals surface area contributed by atoms with Crippen LogP contribution in [0.15, 0.2) is 0 Å². The Morgan fingerprint density at radius 1 is 1.15 bits per heavy atom. The van der Waals surface area contributed by atoms with E-state index in [1.54, 1.807) is 0 Å². The lowest BCUT2D eigenvalue weighted by Crippen LogP contribution is -2.44. The Morgan fingerprint density at radius 3 is 2.30 bits per heavy atom. The van der Waals surface area contributed by atoms with Crippen LogP contribution in [0.3, 0.4) is 0 Å². The molecule has 1 N–H and O–H groups in total. The Hall–Kier alpha value is -0.650. The van der Waals surface area contributed by atoms with E-state index in [0.29, 0.717) is 6.61 Å². The van der Waals surface area contributed by atoms with E-state index in [1.807, 2.05) is 20.8 Å². The van der Waals surface area contributed by atoms with Gasteiger partial charge in [0.15, 0.2) is 0 Å².